The molecule has 0 heterocycles. The number of aliphatic carboxylic acids is 2. The van der Waals surface area contributed by atoms with Crippen molar-refractivity contribution >= 4 is 23.9 Å². The largest absolute Gasteiger partial charge is 0.480 e. The molecule has 0 aliphatic heterocycles. The normalized spacial score (nSPS) is 9.93. The molecule has 0 spiro atoms. The first-order chi connectivity index (χ1) is 12.9. The second-order valence-electron chi connectivity index (χ2n) is 5.25. The number of carbonyl (C=O) groups is 4. The van der Waals surface area contributed by atoms with Crippen molar-refractivity contribution in [3.8, 4) is 16.9 Å². The summed E-state index contributed by atoms with van der Waals surface area (Å²) in [5.74, 6) is -2.89. The zero-order chi connectivity index (χ0) is 19.8. The molecular weight excluding hydrogens is 356 g/mol. The second-order valence-corrected chi connectivity index (χ2v) is 5.25. The van der Waals surface area contributed by atoms with Crippen molar-refractivity contribution in [2.24, 2.45) is 0 Å². The second kappa shape index (κ2) is 8.99. The number of hydrogen-bond acceptors (Lipinski definition) is 5. The zero-order valence-electron chi connectivity index (χ0n) is 14.0. The fraction of sp³-hybridized carbons (Fsp3) is 0.111. The number of nitrogens with one attached hydrogen (secondary N) is 2. The molecule has 0 aliphatic rings. The molecule has 0 radical (unpaired) electrons. The highest BCUT2D eigenvalue weighted by Gasteiger charge is 2.17. The lowest BCUT2D eigenvalue weighted by Gasteiger charge is -2.13. The highest BCUT2D eigenvalue weighted by atomic mass is 16.6. The highest BCUT2D eigenvalue weighted by molar-refractivity contribution is 6.02. The minimum atomic E-state index is -1.22. The molecule has 2 amide bonds. The predicted octanol–water partition coefficient (Wildman–Crippen LogP) is 1.34. The molecule has 0 unspecified atom stereocenters. The van der Waals surface area contributed by atoms with Crippen LogP contribution in [0.1, 0.15) is 10.4 Å². The third-order valence-electron chi connectivity index (χ3n) is 3.34. The summed E-state index contributed by atoms with van der Waals surface area (Å²) in [6, 6.07) is 12.8. The summed E-state index contributed by atoms with van der Waals surface area (Å²) in [6.07, 6.45) is -0.961. The molecule has 0 saturated heterocycles. The van der Waals surface area contributed by atoms with E-state index in [9.17, 15) is 19.2 Å². The third-order valence-corrected chi connectivity index (χ3v) is 3.34. The van der Waals surface area contributed by atoms with Crippen LogP contribution in [0.25, 0.3) is 11.1 Å². The van der Waals surface area contributed by atoms with Gasteiger partial charge in [0, 0.05) is 11.1 Å². The Labute approximate surface area is 153 Å². The van der Waals surface area contributed by atoms with E-state index >= 15 is 0 Å². The van der Waals surface area contributed by atoms with Crippen molar-refractivity contribution < 1.29 is 34.1 Å². The Morgan fingerprint density at radius 2 is 1.33 bits per heavy atom. The molecule has 2 aromatic rings. The molecule has 0 aliphatic carbocycles. The van der Waals surface area contributed by atoms with Gasteiger partial charge in [0.1, 0.15) is 18.8 Å². The number of amides is 2. The van der Waals surface area contributed by atoms with Gasteiger partial charge >= 0.3 is 18.0 Å². The van der Waals surface area contributed by atoms with Gasteiger partial charge in [-0.1, -0.05) is 36.4 Å². The van der Waals surface area contributed by atoms with E-state index in [2.05, 4.69) is 10.6 Å². The van der Waals surface area contributed by atoms with Crippen LogP contribution >= 0.6 is 0 Å². The summed E-state index contributed by atoms with van der Waals surface area (Å²) in [5.41, 5.74) is 1.02. The third kappa shape index (κ3) is 5.56. The fourth-order valence-electron chi connectivity index (χ4n) is 2.23. The molecule has 0 atom stereocenters. The smallest absolute Gasteiger partial charge is 0.413 e. The Hall–Kier alpha value is -3.88. The zero-order valence-corrected chi connectivity index (χ0v) is 14.0. The average molecular weight is 372 g/mol. The van der Waals surface area contributed by atoms with Crippen molar-refractivity contribution in [2.75, 3.05) is 13.1 Å². The summed E-state index contributed by atoms with van der Waals surface area (Å²) in [6.45, 7) is -1.14. The van der Waals surface area contributed by atoms with Crippen molar-refractivity contribution in [2.45, 2.75) is 0 Å². The minimum Gasteiger partial charge on any atom is -0.480 e. The molecule has 140 valence electrons. The van der Waals surface area contributed by atoms with Crippen LogP contribution in [-0.4, -0.2) is 47.2 Å². The molecule has 0 fully saturated rings. The van der Waals surface area contributed by atoms with Crippen LogP contribution in [0.2, 0.25) is 0 Å². The first kappa shape index (κ1) is 19.4. The van der Waals surface area contributed by atoms with Crippen molar-refractivity contribution in [1.29, 1.82) is 0 Å². The SMILES string of the molecule is O=C(O)CNC(=O)Oc1ccccc1-c1ccccc1C(=O)NCC(=O)O. The molecule has 9 heteroatoms. The lowest BCUT2D eigenvalue weighted by Crippen LogP contribution is -2.32. The lowest BCUT2D eigenvalue weighted by molar-refractivity contribution is -0.136. The number of carboxylic acids is 2. The Bertz CT molecular complexity index is 880. The van der Waals surface area contributed by atoms with Gasteiger partial charge in [0.2, 0.25) is 0 Å². The van der Waals surface area contributed by atoms with Gasteiger partial charge in [0.25, 0.3) is 5.91 Å². The van der Waals surface area contributed by atoms with Crippen LogP contribution in [0.15, 0.2) is 48.5 Å². The standard InChI is InChI=1S/C18H16N2O7/c21-15(22)9-19-17(25)13-7-2-1-5-11(13)12-6-3-4-8-14(12)27-18(26)20-10-16(23)24/h1-8H,9-10H2,(H,19,25)(H,20,26)(H,21,22)(H,23,24). The van der Waals surface area contributed by atoms with E-state index in [1.165, 1.54) is 12.1 Å². The Morgan fingerprint density at radius 1 is 0.778 bits per heavy atom. The first-order valence-electron chi connectivity index (χ1n) is 7.74. The Morgan fingerprint density at radius 3 is 2.00 bits per heavy atom. The number of benzene rings is 2. The van der Waals surface area contributed by atoms with Gasteiger partial charge in [-0.05, 0) is 17.7 Å². The maximum absolute atomic E-state index is 12.3. The van der Waals surface area contributed by atoms with E-state index in [0.29, 0.717) is 11.1 Å². The summed E-state index contributed by atoms with van der Waals surface area (Å²) in [7, 11) is 0. The van der Waals surface area contributed by atoms with Crippen LogP contribution < -0.4 is 15.4 Å². The Kier molecular flexibility index (Phi) is 6.48. The molecule has 27 heavy (non-hydrogen) atoms. The lowest BCUT2D eigenvalue weighted by atomic mass is 9.98. The van der Waals surface area contributed by atoms with E-state index in [4.69, 9.17) is 14.9 Å². The topological polar surface area (TPSA) is 142 Å². The molecule has 4 N–H and O–H groups in total. The van der Waals surface area contributed by atoms with Crippen LogP contribution in [0.5, 0.6) is 5.75 Å². The average Bonchev–Trinajstić information content (AvgIpc) is 2.65. The van der Waals surface area contributed by atoms with E-state index in [0.717, 1.165) is 0 Å². The molecule has 9 nitrogen and oxygen atoms in total. The molecule has 0 bridgehead atoms. The van der Waals surface area contributed by atoms with Crippen LogP contribution in [-0.2, 0) is 9.59 Å². The van der Waals surface area contributed by atoms with E-state index in [-0.39, 0.29) is 11.3 Å². The van der Waals surface area contributed by atoms with Gasteiger partial charge < -0.3 is 25.6 Å². The van der Waals surface area contributed by atoms with Crippen LogP contribution in [0.4, 0.5) is 4.79 Å². The monoisotopic (exact) mass is 372 g/mol. The summed E-state index contributed by atoms with van der Waals surface area (Å²) in [5, 5.41) is 21.7. The Balaban J connectivity index is 2.31. The van der Waals surface area contributed by atoms with Gasteiger partial charge in [0.15, 0.2) is 0 Å². The number of ether oxygens (including phenoxy) is 1. The van der Waals surface area contributed by atoms with Gasteiger partial charge in [-0.25, -0.2) is 4.79 Å². The summed E-state index contributed by atoms with van der Waals surface area (Å²) in [4.78, 5) is 45.2. The van der Waals surface area contributed by atoms with Gasteiger partial charge in [-0.3, -0.25) is 14.4 Å². The molecule has 2 aromatic carbocycles. The molecular formula is C18H16N2O7. The highest BCUT2D eigenvalue weighted by Crippen LogP contribution is 2.32. The van der Waals surface area contributed by atoms with Crippen LogP contribution in [0, 0.1) is 0 Å². The van der Waals surface area contributed by atoms with E-state index < -0.39 is 37.0 Å². The van der Waals surface area contributed by atoms with Gasteiger partial charge in [-0.15, -0.1) is 0 Å². The molecule has 0 aromatic heterocycles. The summed E-state index contributed by atoms with van der Waals surface area (Å²) < 4.78 is 5.14. The van der Waals surface area contributed by atoms with Crippen molar-refractivity contribution in [3.05, 3.63) is 54.1 Å². The van der Waals surface area contributed by atoms with Gasteiger partial charge in [-0.2, -0.15) is 0 Å². The van der Waals surface area contributed by atoms with E-state index in [1.54, 1.807) is 36.4 Å². The van der Waals surface area contributed by atoms with E-state index in [1.807, 2.05) is 0 Å². The number of para-hydroxylation sites is 1. The fourth-order valence-corrected chi connectivity index (χ4v) is 2.23. The first-order valence-corrected chi connectivity index (χ1v) is 7.74. The maximum atomic E-state index is 12.3. The number of hydrogen-bond donors (Lipinski definition) is 4. The maximum Gasteiger partial charge on any atom is 0.413 e. The minimum absolute atomic E-state index is 0.110. The summed E-state index contributed by atoms with van der Waals surface area (Å²) >= 11 is 0. The molecule has 2 rings (SSSR count). The number of carbonyl (C=O) groups excluding carboxylic acids is 2. The van der Waals surface area contributed by atoms with Crippen molar-refractivity contribution in [3.63, 3.8) is 0 Å². The van der Waals surface area contributed by atoms with Crippen molar-refractivity contribution in [1.82, 2.24) is 10.6 Å². The predicted molar refractivity (Wildman–Crippen MR) is 93.5 cm³/mol. The molecule has 0 saturated carbocycles. The van der Waals surface area contributed by atoms with Crippen LogP contribution in [0.3, 0.4) is 0 Å². The van der Waals surface area contributed by atoms with Gasteiger partial charge in [0.05, 0.1) is 0 Å². The number of rotatable bonds is 7. The quantitative estimate of drug-likeness (QED) is 0.574. The number of carboxylic acid groups (broad SMARTS) is 2.